The van der Waals surface area contributed by atoms with Crippen LogP contribution >= 0.6 is 0 Å². The molecule has 0 amide bonds. The lowest BCUT2D eigenvalue weighted by Gasteiger charge is -2.15. The Labute approximate surface area is 114 Å². The second-order valence-electron chi connectivity index (χ2n) is 4.97. The minimum absolute atomic E-state index is 0.00440. The van der Waals surface area contributed by atoms with Gasteiger partial charge in [0.05, 0.1) is 11.8 Å². The van der Waals surface area contributed by atoms with E-state index >= 15 is 0 Å². The molecule has 1 aromatic heterocycles. The molecular weight excluding hydrogens is 244 g/mol. The molecule has 1 aromatic rings. The van der Waals surface area contributed by atoms with Gasteiger partial charge >= 0.3 is 5.97 Å². The molecule has 1 heterocycles. The summed E-state index contributed by atoms with van der Waals surface area (Å²) in [5.41, 5.74) is 0.658. The third-order valence-corrected chi connectivity index (χ3v) is 3.16. The summed E-state index contributed by atoms with van der Waals surface area (Å²) in [7, 11) is 1.71. The fourth-order valence-corrected chi connectivity index (χ4v) is 2.13. The van der Waals surface area contributed by atoms with E-state index in [9.17, 15) is 9.90 Å². The van der Waals surface area contributed by atoms with Gasteiger partial charge in [-0.1, -0.05) is 26.2 Å². The van der Waals surface area contributed by atoms with E-state index in [-0.39, 0.29) is 11.7 Å². The Bertz CT molecular complexity index is 427. The monoisotopic (exact) mass is 268 g/mol. The molecule has 1 N–H and O–H groups in total. The number of aromatic carboxylic acids is 1. The predicted molar refractivity (Wildman–Crippen MR) is 73.8 cm³/mol. The molecule has 108 valence electrons. The van der Waals surface area contributed by atoms with Crippen molar-refractivity contribution in [3.05, 3.63) is 11.3 Å². The van der Waals surface area contributed by atoms with Gasteiger partial charge in [0, 0.05) is 7.05 Å². The van der Waals surface area contributed by atoms with Gasteiger partial charge in [-0.05, 0) is 26.7 Å². The zero-order chi connectivity index (χ0) is 14.4. The first-order valence-electron chi connectivity index (χ1n) is 6.90. The molecule has 0 aliphatic heterocycles. The first kappa shape index (κ1) is 15.5. The average molecular weight is 268 g/mol. The molecule has 0 aromatic carbocycles. The lowest BCUT2D eigenvalue weighted by molar-refractivity contribution is 0.0687. The number of unbranched alkanes of at least 4 members (excludes halogenated alkanes) is 3. The Morgan fingerprint density at radius 3 is 2.68 bits per heavy atom. The summed E-state index contributed by atoms with van der Waals surface area (Å²) >= 11 is 0. The molecule has 1 unspecified atom stereocenters. The van der Waals surface area contributed by atoms with E-state index in [0.717, 1.165) is 12.8 Å². The maximum atomic E-state index is 11.2. The maximum Gasteiger partial charge on any atom is 0.343 e. The lowest BCUT2D eigenvalue weighted by atomic mass is 10.1. The zero-order valence-corrected chi connectivity index (χ0v) is 12.3. The molecule has 5 nitrogen and oxygen atoms in total. The Morgan fingerprint density at radius 1 is 1.42 bits per heavy atom. The second kappa shape index (κ2) is 7.16. The molecule has 0 spiro atoms. The highest BCUT2D eigenvalue weighted by atomic mass is 16.5. The molecule has 0 saturated carbocycles. The summed E-state index contributed by atoms with van der Waals surface area (Å²) in [6.07, 6.45) is 5.68. The minimum Gasteiger partial charge on any atom is -0.477 e. The molecule has 0 aliphatic rings. The van der Waals surface area contributed by atoms with Gasteiger partial charge in [-0.3, -0.25) is 0 Å². The van der Waals surface area contributed by atoms with Crippen molar-refractivity contribution in [2.24, 2.45) is 7.05 Å². The molecule has 5 heteroatoms. The molecule has 0 aliphatic carbocycles. The number of carboxylic acid groups (broad SMARTS) is 1. The summed E-state index contributed by atoms with van der Waals surface area (Å²) < 4.78 is 7.26. The van der Waals surface area contributed by atoms with E-state index in [1.54, 1.807) is 14.0 Å². The molecule has 19 heavy (non-hydrogen) atoms. The van der Waals surface area contributed by atoms with E-state index in [1.807, 2.05) is 6.92 Å². The zero-order valence-electron chi connectivity index (χ0n) is 12.3. The Hall–Kier alpha value is -1.52. The summed E-state index contributed by atoms with van der Waals surface area (Å²) in [5, 5.41) is 13.3. The van der Waals surface area contributed by atoms with Crippen LogP contribution in [-0.4, -0.2) is 27.0 Å². The molecule has 0 saturated heterocycles. The molecule has 0 bridgehead atoms. The van der Waals surface area contributed by atoms with Crippen LogP contribution in [0.15, 0.2) is 0 Å². The van der Waals surface area contributed by atoms with Crippen LogP contribution in [0.25, 0.3) is 0 Å². The number of aromatic nitrogens is 2. The van der Waals surface area contributed by atoms with Gasteiger partial charge in [0.1, 0.15) is 5.56 Å². The Kier molecular flexibility index (Phi) is 5.86. The van der Waals surface area contributed by atoms with Gasteiger partial charge in [0.2, 0.25) is 5.88 Å². The Morgan fingerprint density at radius 2 is 2.11 bits per heavy atom. The van der Waals surface area contributed by atoms with E-state index in [1.165, 1.54) is 23.9 Å². The van der Waals surface area contributed by atoms with Crippen LogP contribution < -0.4 is 4.74 Å². The second-order valence-corrected chi connectivity index (χ2v) is 4.97. The van der Waals surface area contributed by atoms with Gasteiger partial charge in [0.15, 0.2) is 0 Å². The van der Waals surface area contributed by atoms with Crippen molar-refractivity contribution >= 4 is 5.97 Å². The molecular formula is C14H24N2O3. The van der Waals surface area contributed by atoms with Gasteiger partial charge in [-0.25, -0.2) is 9.48 Å². The number of nitrogens with zero attached hydrogens (tertiary/aromatic N) is 2. The van der Waals surface area contributed by atoms with E-state index in [4.69, 9.17) is 4.74 Å². The number of hydrogen-bond acceptors (Lipinski definition) is 3. The van der Waals surface area contributed by atoms with Gasteiger partial charge in [-0.2, -0.15) is 5.10 Å². The van der Waals surface area contributed by atoms with Crippen LogP contribution in [0.4, 0.5) is 0 Å². The minimum atomic E-state index is -0.987. The molecule has 1 rings (SSSR count). The van der Waals surface area contributed by atoms with Crippen molar-refractivity contribution in [2.45, 2.75) is 59.0 Å². The van der Waals surface area contributed by atoms with Crippen molar-refractivity contribution in [1.82, 2.24) is 9.78 Å². The van der Waals surface area contributed by atoms with Gasteiger partial charge in [0.25, 0.3) is 0 Å². The van der Waals surface area contributed by atoms with Crippen LogP contribution in [0.1, 0.15) is 62.0 Å². The molecule has 0 radical (unpaired) electrons. The number of hydrogen-bond donors (Lipinski definition) is 1. The third kappa shape index (κ3) is 4.26. The standard InChI is InChI=1S/C14H24N2O3/c1-5-6-7-8-9-10(2)19-13-12(14(17)18)11(3)15-16(13)4/h10H,5-9H2,1-4H3,(H,17,18). The van der Waals surface area contributed by atoms with Gasteiger partial charge in [-0.15, -0.1) is 0 Å². The highest BCUT2D eigenvalue weighted by Crippen LogP contribution is 2.23. The first-order valence-corrected chi connectivity index (χ1v) is 6.90. The van der Waals surface area contributed by atoms with Crippen LogP contribution in [0.2, 0.25) is 0 Å². The van der Waals surface area contributed by atoms with Gasteiger partial charge < -0.3 is 9.84 Å². The largest absolute Gasteiger partial charge is 0.477 e. The predicted octanol–water partition coefficient (Wildman–Crippen LogP) is 3.16. The molecule has 1 atom stereocenters. The van der Waals surface area contributed by atoms with E-state index < -0.39 is 5.97 Å². The highest BCUT2D eigenvalue weighted by Gasteiger charge is 2.22. The summed E-state index contributed by atoms with van der Waals surface area (Å²) in [6.45, 7) is 5.83. The maximum absolute atomic E-state index is 11.2. The quantitative estimate of drug-likeness (QED) is 0.735. The number of rotatable bonds is 8. The number of carboxylic acids is 1. The number of aryl methyl sites for hydroxylation is 2. The van der Waals surface area contributed by atoms with Crippen molar-refractivity contribution in [2.75, 3.05) is 0 Å². The van der Waals surface area contributed by atoms with E-state index in [2.05, 4.69) is 12.0 Å². The Balaban J connectivity index is 2.63. The van der Waals surface area contributed by atoms with E-state index in [0.29, 0.717) is 11.6 Å². The summed E-state index contributed by atoms with van der Waals surface area (Å²) in [5.74, 6) is -0.633. The smallest absolute Gasteiger partial charge is 0.343 e. The van der Waals surface area contributed by atoms with Crippen molar-refractivity contribution in [1.29, 1.82) is 0 Å². The van der Waals surface area contributed by atoms with Crippen LogP contribution in [0.5, 0.6) is 5.88 Å². The number of carbonyl (C=O) groups is 1. The average Bonchev–Trinajstić information content (AvgIpc) is 2.60. The van der Waals surface area contributed by atoms with Crippen LogP contribution in [0.3, 0.4) is 0 Å². The lowest BCUT2D eigenvalue weighted by Crippen LogP contribution is -2.15. The third-order valence-electron chi connectivity index (χ3n) is 3.16. The van der Waals surface area contributed by atoms with Crippen LogP contribution in [-0.2, 0) is 7.05 Å². The van der Waals surface area contributed by atoms with Crippen molar-refractivity contribution in [3.63, 3.8) is 0 Å². The SMILES string of the molecule is CCCCCCC(C)Oc1c(C(=O)O)c(C)nn1C. The fourth-order valence-electron chi connectivity index (χ4n) is 2.13. The highest BCUT2D eigenvalue weighted by molar-refractivity contribution is 5.91. The topological polar surface area (TPSA) is 64.3 Å². The summed E-state index contributed by atoms with van der Waals surface area (Å²) in [6, 6.07) is 0. The van der Waals surface area contributed by atoms with Crippen molar-refractivity contribution < 1.29 is 14.6 Å². The first-order chi connectivity index (χ1) is 8.97. The van der Waals surface area contributed by atoms with Crippen LogP contribution in [0, 0.1) is 6.92 Å². The number of ether oxygens (including phenoxy) is 1. The van der Waals surface area contributed by atoms with Crippen molar-refractivity contribution in [3.8, 4) is 5.88 Å². The summed E-state index contributed by atoms with van der Waals surface area (Å²) in [4.78, 5) is 11.2. The normalized spacial score (nSPS) is 12.4. The molecule has 0 fully saturated rings. The fraction of sp³-hybridized carbons (Fsp3) is 0.714.